The minimum atomic E-state index is 0.575. The lowest BCUT2D eigenvalue weighted by atomic mass is 10.0. The molecule has 3 rings (SSSR count). The van der Waals surface area contributed by atoms with Gasteiger partial charge in [-0.05, 0) is 50.8 Å². The number of rotatable bonds is 2. The molecule has 1 fully saturated rings. The standard InChI is InChI=1S/C13H18N4S/c1-16-8-3-2-5-10(16)9-17-12-11(15-13(17)18)6-4-7-14-12/h4,6-7,10H,2-3,5,8-9H2,1H3,(H,15,18). The molecule has 96 valence electrons. The van der Waals surface area contributed by atoms with Gasteiger partial charge >= 0.3 is 0 Å². The van der Waals surface area contributed by atoms with Gasteiger partial charge < -0.3 is 9.88 Å². The zero-order valence-corrected chi connectivity index (χ0v) is 11.4. The largest absolute Gasteiger partial charge is 0.329 e. The van der Waals surface area contributed by atoms with E-state index in [2.05, 4.69) is 26.5 Å². The molecule has 0 aliphatic carbocycles. The van der Waals surface area contributed by atoms with Crippen molar-refractivity contribution in [3.63, 3.8) is 0 Å². The predicted molar refractivity (Wildman–Crippen MR) is 75.2 cm³/mol. The molecule has 0 amide bonds. The number of likely N-dealkylation sites (N-methyl/N-ethyl adjacent to an activating group) is 1. The molecule has 0 radical (unpaired) electrons. The van der Waals surface area contributed by atoms with Gasteiger partial charge in [-0.1, -0.05) is 6.42 Å². The predicted octanol–water partition coefficient (Wildman–Crippen LogP) is 2.58. The number of nitrogens with one attached hydrogen (secondary N) is 1. The highest BCUT2D eigenvalue weighted by molar-refractivity contribution is 7.71. The second kappa shape index (κ2) is 4.82. The number of piperidine rings is 1. The van der Waals surface area contributed by atoms with E-state index in [9.17, 15) is 0 Å². The SMILES string of the molecule is CN1CCCCC1Cn1c(=S)[nH]c2cccnc21. The maximum Gasteiger partial charge on any atom is 0.179 e. The molecule has 4 nitrogen and oxygen atoms in total. The number of imidazole rings is 1. The van der Waals surface area contributed by atoms with Crippen LogP contribution in [0.5, 0.6) is 0 Å². The summed E-state index contributed by atoms with van der Waals surface area (Å²) in [6, 6.07) is 4.54. The lowest BCUT2D eigenvalue weighted by molar-refractivity contribution is 0.168. The number of pyridine rings is 1. The normalized spacial score (nSPS) is 21.5. The highest BCUT2D eigenvalue weighted by atomic mass is 32.1. The Labute approximate surface area is 112 Å². The Bertz CT molecular complexity index is 600. The Morgan fingerprint density at radius 2 is 2.39 bits per heavy atom. The van der Waals surface area contributed by atoms with Crippen molar-refractivity contribution >= 4 is 23.4 Å². The van der Waals surface area contributed by atoms with E-state index >= 15 is 0 Å². The van der Waals surface area contributed by atoms with E-state index in [1.54, 1.807) is 0 Å². The highest BCUT2D eigenvalue weighted by Gasteiger charge is 2.20. The number of hydrogen-bond acceptors (Lipinski definition) is 3. The van der Waals surface area contributed by atoms with Crippen molar-refractivity contribution in [2.45, 2.75) is 31.8 Å². The zero-order chi connectivity index (χ0) is 12.5. The molecule has 1 aliphatic rings. The summed E-state index contributed by atoms with van der Waals surface area (Å²) in [4.78, 5) is 10.1. The fourth-order valence-electron chi connectivity index (χ4n) is 2.74. The Kier molecular flexibility index (Phi) is 3.18. The first-order valence-corrected chi connectivity index (χ1v) is 6.90. The summed E-state index contributed by atoms with van der Waals surface area (Å²) in [6.45, 7) is 2.13. The average molecular weight is 262 g/mol. The summed E-state index contributed by atoms with van der Waals surface area (Å²) in [5.74, 6) is 0. The molecule has 2 aromatic rings. The Balaban J connectivity index is 1.94. The molecule has 0 bridgehead atoms. The topological polar surface area (TPSA) is 36.9 Å². The number of fused-ring (bicyclic) bond motifs is 1. The average Bonchev–Trinajstić information content (AvgIpc) is 2.69. The summed E-state index contributed by atoms with van der Waals surface area (Å²) < 4.78 is 2.92. The van der Waals surface area contributed by atoms with Crippen LogP contribution in [0.25, 0.3) is 11.2 Å². The van der Waals surface area contributed by atoms with Crippen LogP contribution >= 0.6 is 12.2 Å². The number of aromatic nitrogens is 3. The van der Waals surface area contributed by atoms with Gasteiger partial charge in [0.2, 0.25) is 0 Å². The van der Waals surface area contributed by atoms with Crippen LogP contribution in [-0.4, -0.2) is 39.1 Å². The van der Waals surface area contributed by atoms with E-state index in [1.807, 2.05) is 18.3 Å². The molecule has 1 N–H and O–H groups in total. The van der Waals surface area contributed by atoms with Gasteiger partial charge in [0.15, 0.2) is 10.4 Å². The van der Waals surface area contributed by atoms with Crippen molar-refractivity contribution in [1.29, 1.82) is 0 Å². The lowest BCUT2D eigenvalue weighted by Gasteiger charge is -2.32. The maximum atomic E-state index is 5.41. The molecule has 18 heavy (non-hydrogen) atoms. The second-order valence-electron chi connectivity index (χ2n) is 5.05. The van der Waals surface area contributed by atoms with Gasteiger partial charge in [-0.15, -0.1) is 0 Å². The van der Waals surface area contributed by atoms with Gasteiger partial charge in [-0.2, -0.15) is 0 Å². The molecule has 0 saturated carbocycles. The first kappa shape index (κ1) is 11.9. The van der Waals surface area contributed by atoms with Crippen molar-refractivity contribution in [2.75, 3.05) is 13.6 Å². The van der Waals surface area contributed by atoms with E-state index < -0.39 is 0 Å². The summed E-state index contributed by atoms with van der Waals surface area (Å²) >= 11 is 5.41. The minimum Gasteiger partial charge on any atom is -0.329 e. The minimum absolute atomic E-state index is 0.575. The molecule has 1 atom stereocenters. The van der Waals surface area contributed by atoms with Crippen LogP contribution in [0.2, 0.25) is 0 Å². The van der Waals surface area contributed by atoms with E-state index in [0.29, 0.717) is 6.04 Å². The van der Waals surface area contributed by atoms with Crippen LogP contribution in [0.3, 0.4) is 0 Å². The molecular weight excluding hydrogens is 244 g/mol. The van der Waals surface area contributed by atoms with Gasteiger partial charge in [-0.25, -0.2) is 4.98 Å². The zero-order valence-electron chi connectivity index (χ0n) is 10.6. The number of aromatic amines is 1. The third kappa shape index (κ3) is 2.08. The van der Waals surface area contributed by atoms with E-state index in [0.717, 1.165) is 22.5 Å². The fourth-order valence-corrected chi connectivity index (χ4v) is 3.01. The molecular formula is C13H18N4S. The Hall–Kier alpha value is -1.20. The molecule has 5 heteroatoms. The van der Waals surface area contributed by atoms with Crippen molar-refractivity contribution in [3.05, 3.63) is 23.1 Å². The molecule has 1 unspecified atom stereocenters. The van der Waals surface area contributed by atoms with Gasteiger partial charge in [-0.3, -0.25) is 4.57 Å². The molecule has 1 aliphatic heterocycles. The lowest BCUT2D eigenvalue weighted by Crippen LogP contribution is -2.39. The molecule has 2 aromatic heterocycles. The summed E-state index contributed by atoms with van der Waals surface area (Å²) in [5, 5.41) is 0. The van der Waals surface area contributed by atoms with E-state index in [1.165, 1.54) is 25.8 Å². The highest BCUT2D eigenvalue weighted by Crippen LogP contribution is 2.19. The fraction of sp³-hybridized carbons (Fsp3) is 0.538. The van der Waals surface area contributed by atoms with Crippen molar-refractivity contribution in [3.8, 4) is 0 Å². The van der Waals surface area contributed by atoms with E-state index in [4.69, 9.17) is 12.2 Å². The third-order valence-electron chi connectivity index (χ3n) is 3.84. The monoisotopic (exact) mass is 262 g/mol. The van der Waals surface area contributed by atoms with Crippen LogP contribution in [0, 0.1) is 4.77 Å². The first-order valence-electron chi connectivity index (χ1n) is 6.49. The van der Waals surface area contributed by atoms with Crippen molar-refractivity contribution in [2.24, 2.45) is 0 Å². The molecule has 0 spiro atoms. The van der Waals surface area contributed by atoms with Crippen LogP contribution in [0.4, 0.5) is 0 Å². The third-order valence-corrected chi connectivity index (χ3v) is 4.17. The summed E-state index contributed by atoms with van der Waals surface area (Å²) in [7, 11) is 2.20. The number of nitrogens with zero attached hydrogens (tertiary/aromatic N) is 3. The molecule has 0 aromatic carbocycles. The Morgan fingerprint density at radius 1 is 1.50 bits per heavy atom. The van der Waals surface area contributed by atoms with Gasteiger partial charge in [0.05, 0.1) is 5.52 Å². The first-order chi connectivity index (χ1) is 8.75. The van der Waals surface area contributed by atoms with Gasteiger partial charge in [0, 0.05) is 18.8 Å². The Morgan fingerprint density at radius 3 is 3.22 bits per heavy atom. The molecule has 1 saturated heterocycles. The van der Waals surface area contributed by atoms with Crippen molar-refractivity contribution < 1.29 is 0 Å². The summed E-state index contributed by atoms with van der Waals surface area (Å²) in [6.07, 6.45) is 5.70. The van der Waals surface area contributed by atoms with Gasteiger partial charge in [0.25, 0.3) is 0 Å². The number of likely N-dealkylation sites (tertiary alicyclic amines) is 1. The number of hydrogen-bond donors (Lipinski definition) is 1. The van der Waals surface area contributed by atoms with Crippen LogP contribution < -0.4 is 0 Å². The summed E-state index contributed by atoms with van der Waals surface area (Å²) in [5.41, 5.74) is 2.00. The smallest absolute Gasteiger partial charge is 0.179 e. The van der Waals surface area contributed by atoms with Crippen molar-refractivity contribution in [1.82, 2.24) is 19.4 Å². The quantitative estimate of drug-likeness (QED) is 0.845. The second-order valence-corrected chi connectivity index (χ2v) is 5.43. The maximum absolute atomic E-state index is 5.41. The van der Waals surface area contributed by atoms with E-state index in [-0.39, 0.29) is 0 Å². The van der Waals surface area contributed by atoms with Crippen LogP contribution in [0.1, 0.15) is 19.3 Å². The van der Waals surface area contributed by atoms with Gasteiger partial charge in [0.1, 0.15) is 0 Å². The molecule has 3 heterocycles. The van der Waals surface area contributed by atoms with Crippen LogP contribution in [0.15, 0.2) is 18.3 Å². The number of H-pyrrole nitrogens is 1. The van der Waals surface area contributed by atoms with Crippen LogP contribution in [-0.2, 0) is 6.54 Å².